The van der Waals surface area contributed by atoms with Crippen molar-refractivity contribution >= 4 is 38.2 Å². The predicted molar refractivity (Wildman–Crippen MR) is 34.1 cm³/mol. The Kier molecular flexibility index (Phi) is 9.27. The van der Waals surface area contributed by atoms with Gasteiger partial charge in [-0.1, -0.05) is 0 Å². The van der Waals surface area contributed by atoms with Gasteiger partial charge in [0, 0.05) is 17.4 Å². The summed E-state index contributed by atoms with van der Waals surface area (Å²) in [7, 11) is -9.33. The van der Waals surface area contributed by atoms with Crippen molar-refractivity contribution in [1.29, 1.82) is 0 Å². The van der Waals surface area contributed by atoms with Crippen LogP contribution in [0, 0.1) is 0 Å². The van der Waals surface area contributed by atoms with Gasteiger partial charge >= 0.3 is 20.8 Å². The molecule has 0 aromatic heterocycles. The fourth-order valence-corrected chi connectivity index (χ4v) is 0. The highest BCUT2D eigenvalue weighted by Crippen LogP contribution is 1.59. The van der Waals surface area contributed by atoms with Crippen LogP contribution in [0.4, 0.5) is 0 Å². The van der Waals surface area contributed by atoms with Crippen molar-refractivity contribution in [3.63, 3.8) is 0 Å². The Morgan fingerprint density at radius 1 is 0.636 bits per heavy atom. The second-order valence-electron chi connectivity index (χ2n) is 0.896. The lowest BCUT2D eigenvalue weighted by Gasteiger charge is -1.68. The van der Waals surface area contributed by atoms with Gasteiger partial charge in [-0.2, -0.15) is 16.8 Å². The molecule has 11 heteroatoms. The van der Waals surface area contributed by atoms with Crippen molar-refractivity contribution in [1.82, 2.24) is 0 Å². The van der Waals surface area contributed by atoms with E-state index in [9.17, 15) is 0 Å². The lowest BCUT2D eigenvalue weighted by molar-refractivity contribution is 0.378. The third-order valence-electron chi connectivity index (χ3n) is 0. The Balaban J connectivity index is -0.000000107. The molecule has 0 bridgehead atoms. The topological polar surface area (TPSA) is 149 Å². The van der Waals surface area contributed by atoms with E-state index in [1.54, 1.807) is 0 Å². The molecule has 0 saturated carbocycles. The molecule has 3 radical (unpaired) electrons. The number of hydrogen-bond donors (Lipinski definition) is 4. The van der Waals surface area contributed by atoms with Crippen LogP contribution in [-0.4, -0.2) is 52.4 Å². The second-order valence-corrected chi connectivity index (χ2v) is 2.69. The third-order valence-corrected chi connectivity index (χ3v) is 0. The van der Waals surface area contributed by atoms with Crippen LogP contribution >= 0.6 is 0 Å². The molecule has 0 atom stereocenters. The summed E-state index contributed by atoms with van der Waals surface area (Å²) in [5.74, 6) is 0. The zero-order chi connectivity index (χ0) is 9.00. The highest BCUT2D eigenvalue weighted by Gasteiger charge is 1.85. The van der Waals surface area contributed by atoms with Crippen molar-refractivity contribution in [3.8, 4) is 0 Å². The molecule has 0 aliphatic carbocycles. The van der Waals surface area contributed by atoms with Crippen LogP contribution in [-0.2, 0) is 20.8 Å². The zero-order valence-electron chi connectivity index (χ0n) is 4.82. The van der Waals surface area contributed by atoms with Crippen molar-refractivity contribution in [2.45, 2.75) is 0 Å². The summed E-state index contributed by atoms with van der Waals surface area (Å²) in [5, 5.41) is 0. The Hall–Kier alpha value is 0.272. The van der Waals surface area contributed by atoms with Gasteiger partial charge in [0.1, 0.15) is 0 Å². The van der Waals surface area contributed by atoms with Gasteiger partial charge < -0.3 is 0 Å². The first kappa shape index (κ1) is 17.4. The van der Waals surface area contributed by atoms with Gasteiger partial charge in [-0.15, -0.1) is 0 Å². The maximum atomic E-state index is 8.74. The van der Waals surface area contributed by atoms with Crippen LogP contribution in [0.3, 0.4) is 0 Å². The molecule has 0 unspecified atom stereocenters. The maximum Gasteiger partial charge on any atom is 0.394 e. The number of rotatable bonds is 0. The molecule has 0 aliphatic heterocycles. The van der Waals surface area contributed by atoms with E-state index < -0.39 is 20.8 Å². The van der Waals surface area contributed by atoms with E-state index in [0.717, 1.165) is 0 Å². The molecule has 8 nitrogen and oxygen atoms in total. The molecular weight excluding hydrogens is 219 g/mol. The first-order chi connectivity index (χ1) is 4.00. The molecule has 4 N–H and O–H groups in total. The van der Waals surface area contributed by atoms with Crippen LogP contribution in [0.1, 0.15) is 0 Å². The molecule has 67 valence electrons. The molecule has 0 fully saturated rings. The summed E-state index contributed by atoms with van der Waals surface area (Å²) in [6.07, 6.45) is 0. The first-order valence-electron chi connectivity index (χ1n) is 1.40. The standard InChI is InChI=1S/Al.2H2O4S/c;2*1-5(2,3)4/h;2*(H2,1,2,3,4). The average molecular weight is 223 g/mol. The fraction of sp³-hybridized carbons (Fsp3) is 0. The molecule has 0 aromatic rings. The minimum Gasteiger partial charge on any atom is -0.264 e. The quantitative estimate of drug-likeness (QED) is 0.280. The van der Waals surface area contributed by atoms with Gasteiger partial charge in [-0.3, -0.25) is 18.2 Å². The molecule has 0 rings (SSSR count). The normalized spacial score (nSPS) is 10.5. The average Bonchev–Trinajstić information content (AvgIpc) is 1.12. The summed E-state index contributed by atoms with van der Waals surface area (Å²) in [5.41, 5.74) is 0. The van der Waals surface area contributed by atoms with Crippen LogP contribution in [0.2, 0.25) is 0 Å². The van der Waals surface area contributed by atoms with E-state index in [4.69, 9.17) is 35.0 Å². The van der Waals surface area contributed by atoms with Gasteiger partial charge in [0.25, 0.3) is 0 Å². The third kappa shape index (κ3) is 9470. The van der Waals surface area contributed by atoms with E-state index >= 15 is 0 Å². The van der Waals surface area contributed by atoms with Crippen molar-refractivity contribution in [3.05, 3.63) is 0 Å². The zero-order valence-corrected chi connectivity index (χ0v) is 7.60. The Morgan fingerprint density at radius 3 is 0.636 bits per heavy atom. The van der Waals surface area contributed by atoms with E-state index in [1.165, 1.54) is 0 Å². The summed E-state index contributed by atoms with van der Waals surface area (Å²) < 4.78 is 63.2. The Morgan fingerprint density at radius 2 is 0.636 bits per heavy atom. The Labute approximate surface area is 73.5 Å². The SMILES string of the molecule is O=S(=O)(O)O.O=S(=O)(O)O.[Al]. The smallest absolute Gasteiger partial charge is 0.264 e. The molecule has 0 aliphatic rings. The first-order valence-corrected chi connectivity index (χ1v) is 4.19. The molecule has 0 saturated heterocycles. The molecule has 0 amide bonds. The molecule has 0 spiro atoms. The second kappa shape index (κ2) is 5.86. The molecular formula is H4AlO8S2. The van der Waals surface area contributed by atoms with E-state index in [2.05, 4.69) is 0 Å². The van der Waals surface area contributed by atoms with Crippen molar-refractivity contribution in [2.24, 2.45) is 0 Å². The van der Waals surface area contributed by atoms with Crippen molar-refractivity contribution < 1.29 is 35.0 Å². The van der Waals surface area contributed by atoms with E-state index in [-0.39, 0.29) is 17.4 Å². The molecule has 11 heavy (non-hydrogen) atoms. The Bertz CT molecular complexity index is 208. The minimum absolute atomic E-state index is 0. The molecule has 0 heterocycles. The predicted octanol–water partition coefficient (Wildman–Crippen LogP) is -1.69. The lowest BCUT2D eigenvalue weighted by Crippen LogP contribution is -1.89. The van der Waals surface area contributed by atoms with Crippen molar-refractivity contribution in [2.75, 3.05) is 0 Å². The van der Waals surface area contributed by atoms with Crippen LogP contribution in [0.5, 0.6) is 0 Å². The van der Waals surface area contributed by atoms with Gasteiger partial charge in [0.05, 0.1) is 0 Å². The van der Waals surface area contributed by atoms with Gasteiger partial charge in [0.15, 0.2) is 0 Å². The minimum atomic E-state index is -4.67. The van der Waals surface area contributed by atoms with Gasteiger partial charge in [-0.25, -0.2) is 0 Å². The summed E-state index contributed by atoms with van der Waals surface area (Å²) in [6.45, 7) is 0. The monoisotopic (exact) mass is 223 g/mol. The van der Waals surface area contributed by atoms with Crippen LogP contribution in [0.25, 0.3) is 0 Å². The highest BCUT2D eigenvalue weighted by molar-refractivity contribution is 7.80. The molecule has 0 aromatic carbocycles. The van der Waals surface area contributed by atoms with Gasteiger partial charge in [-0.05, 0) is 0 Å². The van der Waals surface area contributed by atoms with Gasteiger partial charge in [0.2, 0.25) is 0 Å². The van der Waals surface area contributed by atoms with Crippen LogP contribution in [0.15, 0.2) is 0 Å². The van der Waals surface area contributed by atoms with Crippen LogP contribution < -0.4 is 0 Å². The maximum absolute atomic E-state index is 8.74. The van der Waals surface area contributed by atoms with E-state index in [0.29, 0.717) is 0 Å². The summed E-state index contributed by atoms with van der Waals surface area (Å²) in [6, 6.07) is 0. The number of hydrogen-bond acceptors (Lipinski definition) is 4. The summed E-state index contributed by atoms with van der Waals surface area (Å²) >= 11 is 0. The fourth-order valence-electron chi connectivity index (χ4n) is 0. The lowest BCUT2D eigenvalue weighted by atomic mass is 15.8. The largest absolute Gasteiger partial charge is 0.394 e. The van der Waals surface area contributed by atoms with E-state index in [1.807, 2.05) is 0 Å². The summed E-state index contributed by atoms with van der Waals surface area (Å²) in [4.78, 5) is 0. The highest BCUT2D eigenvalue weighted by atomic mass is 32.3.